The van der Waals surface area contributed by atoms with Gasteiger partial charge in [-0.05, 0) is 55.2 Å². The van der Waals surface area contributed by atoms with Gasteiger partial charge in [0.25, 0.3) is 11.7 Å². The van der Waals surface area contributed by atoms with Gasteiger partial charge in [-0.3, -0.25) is 14.6 Å². The van der Waals surface area contributed by atoms with Crippen LogP contribution in [0.5, 0.6) is 5.75 Å². The molecule has 7 heteroatoms. The Hall–Kier alpha value is -3.19. The maximum atomic E-state index is 13.1. The van der Waals surface area contributed by atoms with Gasteiger partial charge in [0.2, 0.25) is 0 Å². The molecule has 0 radical (unpaired) electrons. The lowest BCUT2D eigenvalue weighted by Crippen LogP contribution is -2.33. The molecule has 1 fully saturated rings. The minimum Gasteiger partial charge on any atom is -0.507 e. The Morgan fingerprint density at radius 3 is 2.53 bits per heavy atom. The van der Waals surface area contributed by atoms with E-state index in [2.05, 4.69) is 4.98 Å². The van der Waals surface area contributed by atoms with Crippen molar-refractivity contribution >= 4 is 17.4 Å². The van der Waals surface area contributed by atoms with Gasteiger partial charge < -0.3 is 19.5 Å². The summed E-state index contributed by atoms with van der Waals surface area (Å²) in [7, 11) is 1.59. The first-order chi connectivity index (χ1) is 15.3. The van der Waals surface area contributed by atoms with Crippen molar-refractivity contribution in [1.29, 1.82) is 0 Å². The highest BCUT2D eigenvalue weighted by Gasteiger charge is 2.46. The predicted molar refractivity (Wildman–Crippen MR) is 121 cm³/mol. The van der Waals surface area contributed by atoms with Crippen molar-refractivity contribution in [2.45, 2.75) is 45.8 Å². The van der Waals surface area contributed by atoms with E-state index in [1.54, 1.807) is 49.8 Å². The van der Waals surface area contributed by atoms with Crippen LogP contribution in [0.15, 0.2) is 48.3 Å². The highest BCUT2D eigenvalue weighted by atomic mass is 16.5. The number of benzene rings is 1. The molecule has 1 atom stereocenters. The van der Waals surface area contributed by atoms with E-state index in [4.69, 9.17) is 9.47 Å². The first-order valence-electron chi connectivity index (χ1n) is 10.7. The van der Waals surface area contributed by atoms with Gasteiger partial charge >= 0.3 is 0 Å². The summed E-state index contributed by atoms with van der Waals surface area (Å²) in [4.78, 5) is 31.6. The van der Waals surface area contributed by atoms with E-state index in [0.717, 1.165) is 5.56 Å². The number of likely N-dealkylation sites (tertiary alicyclic amines) is 1. The maximum Gasteiger partial charge on any atom is 0.295 e. The lowest BCUT2D eigenvalue weighted by molar-refractivity contribution is -0.140. The van der Waals surface area contributed by atoms with Gasteiger partial charge in [0.1, 0.15) is 11.5 Å². The molecular formula is C25H30N2O5. The number of carbonyl (C=O) groups excluding carboxylic acids is 2. The van der Waals surface area contributed by atoms with E-state index < -0.39 is 17.7 Å². The zero-order valence-corrected chi connectivity index (χ0v) is 19.2. The van der Waals surface area contributed by atoms with Gasteiger partial charge in [-0.15, -0.1) is 0 Å². The van der Waals surface area contributed by atoms with Crippen molar-refractivity contribution in [2.24, 2.45) is 0 Å². The van der Waals surface area contributed by atoms with Crippen LogP contribution in [0.1, 0.15) is 56.3 Å². The smallest absolute Gasteiger partial charge is 0.295 e. The summed E-state index contributed by atoms with van der Waals surface area (Å²) in [6.07, 6.45) is 3.22. The van der Waals surface area contributed by atoms with Gasteiger partial charge in [0, 0.05) is 24.5 Å². The predicted octanol–water partition coefficient (Wildman–Crippen LogP) is 4.06. The fraction of sp³-hybridized carbons (Fsp3) is 0.400. The number of ether oxygens (including phenoxy) is 2. The molecule has 1 unspecified atom stereocenters. The number of nitrogens with zero attached hydrogens (tertiary/aromatic N) is 2. The third-order valence-electron chi connectivity index (χ3n) is 5.45. The molecule has 170 valence electrons. The first kappa shape index (κ1) is 23.5. The van der Waals surface area contributed by atoms with Crippen LogP contribution in [0, 0.1) is 0 Å². The largest absolute Gasteiger partial charge is 0.507 e. The van der Waals surface area contributed by atoms with E-state index in [9.17, 15) is 14.7 Å². The molecule has 3 rings (SSSR count). The van der Waals surface area contributed by atoms with Crippen LogP contribution in [-0.2, 0) is 14.3 Å². The Morgan fingerprint density at radius 2 is 1.94 bits per heavy atom. The van der Waals surface area contributed by atoms with Crippen LogP contribution in [0.2, 0.25) is 0 Å². The summed E-state index contributed by atoms with van der Waals surface area (Å²) in [6.45, 7) is 8.35. The third kappa shape index (κ3) is 4.67. The van der Waals surface area contributed by atoms with Crippen LogP contribution in [0.25, 0.3) is 5.76 Å². The van der Waals surface area contributed by atoms with Crippen molar-refractivity contribution in [3.05, 3.63) is 65.0 Å². The first-order valence-corrected chi connectivity index (χ1v) is 10.7. The molecule has 1 aromatic carbocycles. The number of hydrogen-bond donors (Lipinski definition) is 1. The highest BCUT2D eigenvalue weighted by molar-refractivity contribution is 6.46. The Bertz CT molecular complexity index is 1010. The molecule has 0 bridgehead atoms. The summed E-state index contributed by atoms with van der Waals surface area (Å²) in [5.41, 5.74) is 2.05. The van der Waals surface area contributed by atoms with E-state index in [1.807, 2.05) is 27.7 Å². The second-order valence-electron chi connectivity index (χ2n) is 8.31. The van der Waals surface area contributed by atoms with Crippen LogP contribution >= 0.6 is 0 Å². The standard InChI is InChI=1S/C25H30N2O5/c1-15(2)19-13-17(8-9-20(19)31-5)23(28)21-22(18-7-6-10-26-14-18)27(25(30)24(21)29)11-12-32-16(3)4/h6-10,13-16,22,28H,11-12H2,1-5H3/b23-21-. The van der Waals surface area contributed by atoms with Crippen molar-refractivity contribution in [3.63, 3.8) is 0 Å². The number of amides is 1. The van der Waals surface area contributed by atoms with Crippen molar-refractivity contribution in [2.75, 3.05) is 20.3 Å². The summed E-state index contributed by atoms with van der Waals surface area (Å²) in [5.74, 6) is -0.753. The second-order valence-corrected chi connectivity index (χ2v) is 8.31. The topological polar surface area (TPSA) is 89.0 Å². The van der Waals surface area contributed by atoms with Gasteiger partial charge in [0.05, 0.1) is 31.4 Å². The Morgan fingerprint density at radius 1 is 1.19 bits per heavy atom. The van der Waals surface area contributed by atoms with Crippen molar-refractivity contribution < 1.29 is 24.2 Å². The lowest BCUT2D eigenvalue weighted by atomic mass is 9.93. The number of pyridine rings is 1. The van der Waals surface area contributed by atoms with Gasteiger partial charge in [-0.2, -0.15) is 0 Å². The number of aliphatic hydroxyl groups is 1. The van der Waals surface area contributed by atoms with Crippen LogP contribution < -0.4 is 4.74 Å². The van der Waals surface area contributed by atoms with Gasteiger partial charge in [0.15, 0.2) is 0 Å². The SMILES string of the molecule is COc1ccc(/C(O)=C2/C(=O)C(=O)N(CCOC(C)C)C2c2cccnc2)cc1C(C)C. The minimum absolute atomic E-state index is 0.00239. The van der Waals surface area contributed by atoms with Gasteiger partial charge in [-0.25, -0.2) is 0 Å². The molecule has 2 heterocycles. The summed E-state index contributed by atoms with van der Waals surface area (Å²) >= 11 is 0. The molecule has 0 aliphatic carbocycles. The van der Waals surface area contributed by atoms with E-state index >= 15 is 0 Å². The average Bonchev–Trinajstić information content (AvgIpc) is 3.03. The highest BCUT2D eigenvalue weighted by Crippen LogP contribution is 2.40. The Labute approximate surface area is 188 Å². The maximum absolute atomic E-state index is 13.1. The Balaban J connectivity index is 2.11. The molecule has 32 heavy (non-hydrogen) atoms. The number of ketones is 1. The molecule has 7 nitrogen and oxygen atoms in total. The molecule has 0 saturated carbocycles. The molecule has 1 saturated heterocycles. The third-order valence-corrected chi connectivity index (χ3v) is 5.45. The molecule has 1 aliphatic heterocycles. The average molecular weight is 439 g/mol. The Kier molecular flexibility index (Phi) is 7.30. The molecule has 1 amide bonds. The lowest BCUT2D eigenvalue weighted by Gasteiger charge is -2.25. The fourth-order valence-corrected chi connectivity index (χ4v) is 3.87. The molecule has 2 aromatic rings. The zero-order valence-electron chi connectivity index (χ0n) is 19.2. The van der Waals surface area contributed by atoms with Crippen molar-refractivity contribution in [3.8, 4) is 5.75 Å². The molecule has 1 aromatic heterocycles. The molecule has 0 spiro atoms. The molecular weight excluding hydrogens is 408 g/mol. The fourth-order valence-electron chi connectivity index (χ4n) is 3.87. The summed E-state index contributed by atoms with van der Waals surface area (Å²) < 4.78 is 11.0. The van der Waals surface area contributed by atoms with Crippen LogP contribution in [0.4, 0.5) is 0 Å². The van der Waals surface area contributed by atoms with Crippen LogP contribution in [0.3, 0.4) is 0 Å². The van der Waals surface area contributed by atoms with Crippen molar-refractivity contribution in [1.82, 2.24) is 9.88 Å². The minimum atomic E-state index is -0.746. The second kappa shape index (κ2) is 9.96. The number of aromatic nitrogens is 1. The quantitative estimate of drug-likeness (QED) is 0.380. The zero-order chi connectivity index (χ0) is 23.4. The van der Waals surface area contributed by atoms with E-state index in [0.29, 0.717) is 16.9 Å². The van der Waals surface area contributed by atoms with E-state index in [-0.39, 0.29) is 36.5 Å². The van der Waals surface area contributed by atoms with Gasteiger partial charge in [-0.1, -0.05) is 19.9 Å². The summed E-state index contributed by atoms with van der Waals surface area (Å²) in [6, 6.07) is 8.04. The molecule has 1 aliphatic rings. The summed E-state index contributed by atoms with van der Waals surface area (Å²) in [5, 5.41) is 11.2. The number of Topliss-reactive ketones (excluding diaryl/α,β-unsaturated/α-hetero) is 1. The molecule has 1 N–H and O–H groups in total. The number of carbonyl (C=O) groups is 2. The number of rotatable bonds is 8. The number of methoxy groups -OCH3 is 1. The number of aliphatic hydroxyl groups excluding tert-OH is 1. The monoisotopic (exact) mass is 438 g/mol. The normalized spacial score (nSPS) is 18.1. The van der Waals surface area contributed by atoms with E-state index in [1.165, 1.54) is 4.90 Å². The van der Waals surface area contributed by atoms with Crippen LogP contribution in [-0.4, -0.2) is 53.0 Å². The number of hydrogen-bond acceptors (Lipinski definition) is 6.